The second kappa shape index (κ2) is 6.42. The van der Waals surface area contributed by atoms with Crippen molar-refractivity contribution in [3.63, 3.8) is 0 Å². The Kier molecular flexibility index (Phi) is 5.32. The first kappa shape index (κ1) is 17.4. The number of rotatable bonds is 4. The molecule has 0 aliphatic heterocycles. The second-order valence-corrected chi connectivity index (χ2v) is 6.73. The molecule has 0 N–H and O–H groups in total. The van der Waals surface area contributed by atoms with Crippen molar-refractivity contribution in [3.8, 4) is 0 Å². The lowest BCUT2D eigenvalue weighted by Crippen LogP contribution is -2.24. The summed E-state index contributed by atoms with van der Waals surface area (Å²) in [6.07, 6.45) is 0.276. The number of hydrogen-bond acceptors (Lipinski definition) is 3. The highest BCUT2D eigenvalue weighted by atomic mass is 16.5. The first-order valence-electron chi connectivity index (χ1n) is 7.29. The van der Waals surface area contributed by atoms with Gasteiger partial charge in [0.1, 0.15) is 5.92 Å². The fourth-order valence-electron chi connectivity index (χ4n) is 2.34. The van der Waals surface area contributed by atoms with Crippen LogP contribution in [0.1, 0.15) is 49.9 Å². The van der Waals surface area contributed by atoms with Crippen molar-refractivity contribution in [1.29, 1.82) is 0 Å². The molecule has 1 rings (SSSR count). The average Bonchev–Trinajstić information content (AvgIpc) is 2.39. The molecule has 0 saturated heterocycles. The lowest BCUT2D eigenvalue weighted by Gasteiger charge is -2.22. The highest BCUT2D eigenvalue weighted by Gasteiger charge is 2.24. The molecule has 0 spiro atoms. The Hall–Kier alpha value is -1.64. The van der Waals surface area contributed by atoms with E-state index in [-0.39, 0.29) is 17.6 Å². The molecule has 0 bridgehead atoms. The average molecular weight is 290 g/mol. The number of Topliss-reactive ketones (excluding diaryl/α,β-unsaturated/α-hetero) is 1. The van der Waals surface area contributed by atoms with Crippen molar-refractivity contribution in [3.05, 3.63) is 34.4 Å². The van der Waals surface area contributed by atoms with Crippen LogP contribution in [0.5, 0.6) is 0 Å². The minimum atomic E-state index is -0.712. The van der Waals surface area contributed by atoms with Crippen LogP contribution in [0.25, 0.3) is 0 Å². The molecular weight excluding hydrogens is 264 g/mol. The molecule has 1 aromatic carbocycles. The minimum Gasteiger partial charge on any atom is -0.468 e. The lowest BCUT2D eigenvalue weighted by atomic mass is 9.82. The van der Waals surface area contributed by atoms with Crippen LogP contribution in [0, 0.1) is 19.8 Å². The number of carbonyl (C=O) groups excluding carboxylic acids is 2. The molecule has 0 fully saturated rings. The maximum absolute atomic E-state index is 12.2. The zero-order valence-electron chi connectivity index (χ0n) is 14.2. The molecule has 3 heteroatoms. The maximum Gasteiger partial charge on any atom is 0.315 e. The van der Waals surface area contributed by atoms with E-state index in [2.05, 4.69) is 37.6 Å². The van der Waals surface area contributed by atoms with E-state index >= 15 is 0 Å². The lowest BCUT2D eigenvalue weighted by molar-refractivity contribution is -0.148. The number of ketones is 1. The summed E-state index contributed by atoms with van der Waals surface area (Å²) >= 11 is 0. The zero-order chi connectivity index (χ0) is 16.4. The number of esters is 1. The van der Waals surface area contributed by atoms with Crippen molar-refractivity contribution in [2.75, 3.05) is 7.11 Å². The summed E-state index contributed by atoms with van der Waals surface area (Å²) in [6, 6.07) is 4.27. The Morgan fingerprint density at radius 2 is 1.62 bits per heavy atom. The number of methoxy groups -OCH3 is 1. The Morgan fingerprint density at radius 1 is 1.14 bits per heavy atom. The van der Waals surface area contributed by atoms with Gasteiger partial charge in [-0.25, -0.2) is 0 Å². The molecule has 0 radical (unpaired) electrons. The third kappa shape index (κ3) is 4.16. The molecule has 3 nitrogen and oxygen atoms in total. The van der Waals surface area contributed by atoms with Crippen molar-refractivity contribution in [2.24, 2.45) is 5.92 Å². The van der Waals surface area contributed by atoms with E-state index in [1.807, 2.05) is 13.8 Å². The zero-order valence-corrected chi connectivity index (χ0v) is 14.2. The molecule has 0 saturated carbocycles. The monoisotopic (exact) mass is 290 g/mol. The van der Waals surface area contributed by atoms with Crippen LogP contribution in [0.3, 0.4) is 0 Å². The van der Waals surface area contributed by atoms with Crippen LogP contribution in [0.4, 0.5) is 0 Å². The van der Waals surface area contributed by atoms with E-state index in [1.54, 1.807) is 6.92 Å². The quantitative estimate of drug-likeness (QED) is 0.629. The Labute approximate surface area is 127 Å². The van der Waals surface area contributed by atoms with Gasteiger partial charge in [0.05, 0.1) is 7.11 Å². The van der Waals surface area contributed by atoms with Gasteiger partial charge in [0.2, 0.25) is 0 Å². The van der Waals surface area contributed by atoms with Gasteiger partial charge in [-0.1, -0.05) is 32.9 Å². The van der Waals surface area contributed by atoms with Gasteiger partial charge in [-0.3, -0.25) is 9.59 Å². The molecule has 0 aromatic heterocycles. The fourth-order valence-corrected chi connectivity index (χ4v) is 2.34. The molecule has 1 unspecified atom stereocenters. The van der Waals surface area contributed by atoms with Crippen molar-refractivity contribution >= 4 is 11.8 Å². The fraction of sp³-hybridized carbons (Fsp3) is 0.556. The summed E-state index contributed by atoms with van der Waals surface area (Å²) in [5.41, 5.74) is 4.56. The summed E-state index contributed by atoms with van der Waals surface area (Å²) in [5, 5.41) is 0. The van der Waals surface area contributed by atoms with Crippen LogP contribution in [-0.4, -0.2) is 18.9 Å². The Bertz CT molecular complexity index is 527. The van der Waals surface area contributed by atoms with Gasteiger partial charge in [-0.05, 0) is 48.4 Å². The number of carbonyl (C=O) groups is 2. The van der Waals surface area contributed by atoms with Gasteiger partial charge in [-0.2, -0.15) is 0 Å². The predicted octanol–water partition coefficient (Wildman–Crippen LogP) is 3.52. The predicted molar refractivity (Wildman–Crippen MR) is 84.5 cm³/mol. The van der Waals surface area contributed by atoms with Crippen LogP contribution in [0.15, 0.2) is 12.1 Å². The number of ether oxygens (including phenoxy) is 1. The standard InChI is InChI=1S/C18H26O3/c1-11-8-14(18(4,5)6)9-12(2)15(11)10-16(19)13(3)17(20)21-7/h8-9,13H,10H2,1-7H3. The number of aryl methyl sites for hydroxylation is 2. The molecule has 0 amide bonds. The number of benzene rings is 1. The van der Waals surface area contributed by atoms with E-state index < -0.39 is 11.9 Å². The van der Waals surface area contributed by atoms with Gasteiger partial charge in [0.25, 0.3) is 0 Å². The number of hydrogen-bond donors (Lipinski definition) is 0. The SMILES string of the molecule is COC(=O)C(C)C(=O)Cc1c(C)cc(C(C)(C)C)cc1C. The summed E-state index contributed by atoms with van der Waals surface area (Å²) in [7, 11) is 1.31. The van der Waals surface area contributed by atoms with E-state index in [0.717, 1.165) is 16.7 Å². The van der Waals surface area contributed by atoms with E-state index in [0.29, 0.717) is 0 Å². The van der Waals surface area contributed by atoms with Crippen LogP contribution >= 0.6 is 0 Å². The molecule has 0 aliphatic carbocycles. The molecular formula is C18H26O3. The van der Waals surface area contributed by atoms with E-state index in [1.165, 1.54) is 12.7 Å². The summed E-state index contributed by atoms with van der Waals surface area (Å²) in [6.45, 7) is 12.2. The largest absolute Gasteiger partial charge is 0.468 e. The highest BCUT2D eigenvalue weighted by Crippen LogP contribution is 2.27. The van der Waals surface area contributed by atoms with E-state index in [4.69, 9.17) is 0 Å². The topological polar surface area (TPSA) is 43.4 Å². The smallest absolute Gasteiger partial charge is 0.315 e. The third-order valence-electron chi connectivity index (χ3n) is 3.95. The van der Waals surface area contributed by atoms with Crippen LogP contribution < -0.4 is 0 Å². The second-order valence-electron chi connectivity index (χ2n) is 6.73. The van der Waals surface area contributed by atoms with Gasteiger partial charge in [0.15, 0.2) is 5.78 Å². The maximum atomic E-state index is 12.2. The summed E-state index contributed by atoms with van der Waals surface area (Å²) in [4.78, 5) is 23.7. The van der Waals surface area contributed by atoms with E-state index in [9.17, 15) is 9.59 Å². The van der Waals surface area contributed by atoms with Crippen LogP contribution in [-0.2, 0) is 26.2 Å². The first-order valence-corrected chi connectivity index (χ1v) is 7.29. The minimum absolute atomic E-state index is 0.0807. The molecule has 0 aliphatic rings. The molecule has 116 valence electrons. The van der Waals surface area contributed by atoms with Gasteiger partial charge < -0.3 is 4.74 Å². The molecule has 1 atom stereocenters. The van der Waals surface area contributed by atoms with Gasteiger partial charge in [0, 0.05) is 6.42 Å². The summed E-state index contributed by atoms with van der Waals surface area (Å²) < 4.78 is 4.64. The summed E-state index contributed by atoms with van der Waals surface area (Å²) in [5.74, 6) is -1.28. The van der Waals surface area contributed by atoms with Gasteiger partial charge >= 0.3 is 5.97 Å². The van der Waals surface area contributed by atoms with Crippen molar-refractivity contribution in [2.45, 2.75) is 53.4 Å². The third-order valence-corrected chi connectivity index (χ3v) is 3.95. The molecule has 21 heavy (non-hydrogen) atoms. The van der Waals surface area contributed by atoms with Crippen LogP contribution in [0.2, 0.25) is 0 Å². The Morgan fingerprint density at radius 3 is 2.00 bits per heavy atom. The Balaban J connectivity index is 3.06. The molecule has 1 aromatic rings. The molecule has 0 heterocycles. The normalized spacial score (nSPS) is 12.9. The first-order chi connectivity index (χ1) is 9.57. The van der Waals surface area contributed by atoms with Crippen molar-refractivity contribution < 1.29 is 14.3 Å². The van der Waals surface area contributed by atoms with Crippen molar-refractivity contribution in [1.82, 2.24) is 0 Å². The highest BCUT2D eigenvalue weighted by molar-refractivity contribution is 5.99. The van der Waals surface area contributed by atoms with Gasteiger partial charge in [-0.15, -0.1) is 0 Å².